The van der Waals surface area contributed by atoms with Crippen molar-refractivity contribution in [1.82, 2.24) is 0 Å². The van der Waals surface area contributed by atoms with Gasteiger partial charge >= 0.3 is 0 Å². The van der Waals surface area contributed by atoms with Crippen LogP contribution in [0.5, 0.6) is 0 Å². The second-order valence-corrected chi connectivity index (χ2v) is 5.64. The first-order valence-corrected chi connectivity index (χ1v) is 7.11. The highest BCUT2D eigenvalue weighted by Gasteiger charge is 2.16. The molecule has 1 heteroatoms. The zero-order valence-electron chi connectivity index (χ0n) is 12.0. The SMILES string of the molecule is Cc1cc(C)c(-c2cccc3c2CCCN3)c(C)c1. The number of anilines is 1. The van der Waals surface area contributed by atoms with Gasteiger partial charge in [-0.05, 0) is 67.5 Å². The fourth-order valence-corrected chi connectivity index (χ4v) is 3.35. The highest BCUT2D eigenvalue weighted by molar-refractivity contribution is 5.79. The van der Waals surface area contributed by atoms with Crippen molar-refractivity contribution in [2.24, 2.45) is 0 Å². The lowest BCUT2D eigenvalue weighted by Gasteiger charge is -2.23. The summed E-state index contributed by atoms with van der Waals surface area (Å²) in [6.45, 7) is 7.73. The Morgan fingerprint density at radius 1 is 1.00 bits per heavy atom. The molecule has 1 heterocycles. The van der Waals surface area contributed by atoms with Gasteiger partial charge in [-0.2, -0.15) is 0 Å². The van der Waals surface area contributed by atoms with Gasteiger partial charge in [0.05, 0.1) is 0 Å². The predicted octanol–water partition coefficient (Wildman–Crippen LogP) is 4.64. The van der Waals surface area contributed by atoms with Gasteiger partial charge in [0.2, 0.25) is 0 Å². The number of hydrogen-bond donors (Lipinski definition) is 1. The van der Waals surface area contributed by atoms with Crippen LogP contribution in [0, 0.1) is 20.8 Å². The van der Waals surface area contributed by atoms with Crippen LogP contribution in [-0.4, -0.2) is 6.54 Å². The number of fused-ring (bicyclic) bond motifs is 1. The molecule has 0 amide bonds. The van der Waals surface area contributed by atoms with Gasteiger partial charge in [-0.15, -0.1) is 0 Å². The van der Waals surface area contributed by atoms with Gasteiger partial charge in [-0.3, -0.25) is 0 Å². The topological polar surface area (TPSA) is 12.0 Å². The van der Waals surface area contributed by atoms with Crippen molar-refractivity contribution in [3.63, 3.8) is 0 Å². The first kappa shape index (κ1) is 12.3. The van der Waals surface area contributed by atoms with Crippen LogP contribution in [0.25, 0.3) is 11.1 Å². The molecule has 3 rings (SSSR count). The van der Waals surface area contributed by atoms with E-state index in [2.05, 4.69) is 56.4 Å². The molecule has 19 heavy (non-hydrogen) atoms. The summed E-state index contributed by atoms with van der Waals surface area (Å²) in [5.41, 5.74) is 9.77. The van der Waals surface area contributed by atoms with Crippen molar-refractivity contribution in [3.05, 3.63) is 52.6 Å². The third-order valence-corrected chi connectivity index (χ3v) is 4.04. The third kappa shape index (κ3) is 2.14. The molecule has 0 unspecified atom stereocenters. The highest BCUT2D eigenvalue weighted by atomic mass is 14.9. The number of benzene rings is 2. The van der Waals surface area contributed by atoms with Gasteiger partial charge in [0.1, 0.15) is 0 Å². The average Bonchev–Trinajstić information content (AvgIpc) is 2.38. The van der Waals surface area contributed by atoms with Crippen molar-refractivity contribution in [3.8, 4) is 11.1 Å². The number of aryl methyl sites for hydroxylation is 3. The second kappa shape index (κ2) is 4.73. The molecule has 0 saturated heterocycles. The van der Waals surface area contributed by atoms with E-state index >= 15 is 0 Å². The fourth-order valence-electron chi connectivity index (χ4n) is 3.35. The van der Waals surface area contributed by atoms with Crippen LogP contribution in [0.2, 0.25) is 0 Å². The predicted molar refractivity (Wildman–Crippen MR) is 82.9 cm³/mol. The van der Waals surface area contributed by atoms with E-state index in [0.717, 1.165) is 6.54 Å². The van der Waals surface area contributed by atoms with Crippen LogP contribution in [0.1, 0.15) is 28.7 Å². The molecule has 0 radical (unpaired) electrons. The van der Waals surface area contributed by atoms with E-state index in [-0.39, 0.29) is 0 Å². The maximum Gasteiger partial charge on any atom is 0.0378 e. The van der Waals surface area contributed by atoms with Crippen LogP contribution in [0.3, 0.4) is 0 Å². The highest BCUT2D eigenvalue weighted by Crippen LogP contribution is 2.36. The molecular weight excluding hydrogens is 230 g/mol. The Hall–Kier alpha value is -1.76. The largest absolute Gasteiger partial charge is 0.385 e. The van der Waals surface area contributed by atoms with E-state index in [1.807, 2.05) is 0 Å². The van der Waals surface area contributed by atoms with Gasteiger partial charge in [-0.1, -0.05) is 29.8 Å². The summed E-state index contributed by atoms with van der Waals surface area (Å²) in [7, 11) is 0. The normalized spacial score (nSPS) is 13.8. The Balaban J connectivity index is 2.23. The van der Waals surface area contributed by atoms with Crippen molar-refractivity contribution in [2.75, 3.05) is 11.9 Å². The molecule has 0 aliphatic carbocycles. The molecule has 1 nitrogen and oxygen atoms in total. The first-order valence-electron chi connectivity index (χ1n) is 7.11. The zero-order chi connectivity index (χ0) is 13.4. The lowest BCUT2D eigenvalue weighted by molar-refractivity contribution is 0.831. The van der Waals surface area contributed by atoms with E-state index in [1.54, 1.807) is 0 Å². The second-order valence-electron chi connectivity index (χ2n) is 5.64. The zero-order valence-corrected chi connectivity index (χ0v) is 12.0. The molecule has 0 bridgehead atoms. The van der Waals surface area contributed by atoms with Crippen molar-refractivity contribution >= 4 is 5.69 Å². The summed E-state index contributed by atoms with van der Waals surface area (Å²) < 4.78 is 0. The summed E-state index contributed by atoms with van der Waals surface area (Å²) in [4.78, 5) is 0. The third-order valence-electron chi connectivity index (χ3n) is 4.04. The first-order chi connectivity index (χ1) is 9.16. The van der Waals surface area contributed by atoms with E-state index in [4.69, 9.17) is 0 Å². The molecule has 0 spiro atoms. The summed E-state index contributed by atoms with van der Waals surface area (Å²) in [6.07, 6.45) is 2.42. The molecule has 1 N–H and O–H groups in total. The molecule has 0 aromatic heterocycles. The molecular formula is C18H21N. The Kier molecular flexibility index (Phi) is 3.06. The fraction of sp³-hybridized carbons (Fsp3) is 0.333. The maximum atomic E-state index is 3.52. The van der Waals surface area contributed by atoms with Gasteiger partial charge < -0.3 is 5.32 Å². The van der Waals surface area contributed by atoms with Crippen molar-refractivity contribution in [2.45, 2.75) is 33.6 Å². The Labute approximate surface area is 115 Å². The summed E-state index contributed by atoms with van der Waals surface area (Å²) >= 11 is 0. The molecule has 1 aliphatic rings. The Morgan fingerprint density at radius 3 is 2.47 bits per heavy atom. The standard InChI is InChI=1S/C18H21N/c1-12-10-13(2)18(14(3)11-12)16-6-4-8-17-15(16)7-5-9-19-17/h4,6,8,10-11,19H,5,7,9H2,1-3H3. The number of nitrogens with one attached hydrogen (secondary N) is 1. The van der Waals surface area contributed by atoms with Gasteiger partial charge in [0.15, 0.2) is 0 Å². The molecule has 0 fully saturated rings. The minimum atomic E-state index is 1.10. The molecule has 0 atom stereocenters. The Morgan fingerprint density at radius 2 is 1.74 bits per heavy atom. The molecule has 2 aromatic rings. The van der Waals surface area contributed by atoms with E-state index < -0.39 is 0 Å². The van der Waals surface area contributed by atoms with Crippen LogP contribution in [0.4, 0.5) is 5.69 Å². The van der Waals surface area contributed by atoms with Crippen molar-refractivity contribution in [1.29, 1.82) is 0 Å². The minimum Gasteiger partial charge on any atom is -0.385 e. The van der Waals surface area contributed by atoms with E-state index in [9.17, 15) is 0 Å². The quantitative estimate of drug-likeness (QED) is 0.778. The maximum absolute atomic E-state index is 3.52. The molecule has 1 aliphatic heterocycles. The summed E-state index contributed by atoms with van der Waals surface area (Å²) in [5, 5.41) is 3.52. The lowest BCUT2D eigenvalue weighted by atomic mass is 9.88. The van der Waals surface area contributed by atoms with Crippen LogP contribution >= 0.6 is 0 Å². The molecule has 0 saturated carbocycles. The van der Waals surface area contributed by atoms with Gasteiger partial charge in [-0.25, -0.2) is 0 Å². The van der Waals surface area contributed by atoms with E-state index in [1.165, 1.54) is 51.9 Å². The lowest BCUT2D eigenvalue weighted by Crippen LogP contribution is -2.12. The van der Waals surface area contributed by atoms with Crippen LogP contribution < -0.4 is 5.32 Å². The van der Waals surface area contributed by atoms with Gasteiger partial charge in [0, 0.05) is 12.2 Å². The van der Waals surface area contributed by atoms with Crippen LogP contribution in [-0.2, 0) is 6.42 Å². The number of rotatable bonds is 1. The Bertz CT molecular complexity index is 603. The van der Waals surface area contributed by atoms with E-state index in [0.29, 0.717) is 0 Å². The van der Waals surface area contributed by atoms with Crippen LogP contribution in [0.15, 0.2) is 30.3 Å². The van der Waals surface area contributed by atoms with Crippen molar-refractivity contribution < 1.29 is 0 Å². The summed E-state index contributed by atoms with van der Waals surface area (Å²) in [6, 6.07) is 11.2. The summed E-state index contributed by atoms with van der Waals surface area (Å²) in [5.74, 6) is 0. The average molecular weight is 251 g/mol. The molecule has 2 aromatic carbocycles. The van der Waals surface area contributed by atoms with Gasteiger partial charge in [0.25, 0.3) is 0 Å². The minimum absolute atomic E-state index is 1.10. The number of hydrogen-bond acceptors (Lipinski definition) is 1. The smallest absolute Gasteiger partial charge is 0.0378 e. The monoisotopic (exact) mass is 251 g/mol. The molecule has 98 valence electrons.